The van der Waals surface area contributed by atoms with E-state index in [-0.39, 0.29) is 17.0 Å². The number of hydrogen-bond donors (Lipinski definition) is 1. The lowest BCUT2D eigenvalue weighted by Crippen LogP contribution is -2.44. The van der Waals surface area contributed by atoms with E-state index in [0.717, 1.165) is 25.7 Å². The normalized spacial score (nSPS) is 24.0. The number of rotatable bonds is 4. The Morgan fingerprint density at radius 3 is 2.50 bits per heavy atom. The highest BCUT2D eigenvalue weighted by atomic mass is 35.5. The Labute approximate surface area is 126 Å². The SMILES string of the molecule is CCN(C1CCC(N)CC1)S(=O)(=O)c1cccc(Cl)c1. The second kappa shape index (κ2) is 6.43. The van der Waals surface area contributed by atoms with Crippen molar-refractivity contribution < 1.29 is 8.42 Å². The van der Waals surface area contributed by atoms with Gasteiger partial charge in [0, 0.05) is 23.7 Å². The van der Waals surface area contributed by atoms with Gasteiger partial charge in [-0.25, -0.2) is 8.42 Å². The molecule has 0 atom stereocenters. The van der Waals surface area contributed by atoms with E-state index in [9.17, 15) is 8.42 Å². The monoisotopic (exact) mass is 316 g/mol. The Balaban J connectivity index is 2.26. The van der Waals surface area contributed by atoms with E-state index >= 15 is 0 Å². The highest BCUT2D eigenvalue weighted by Crippen LogP contribution is 2.28. The van der Waals surface area contributed by atoms with Crippen LogP contribution in [-0.2, 0) is 10.0 Å². The summed E-state index contributed by atoms with van der Waals surface area (Å²) in [6.07, 6.45) is 3.42. The first-order chi connectivity index (χ1) is 9.45. The number of nitrogens with zero attached hydrogens (tertiary/aromatic N) is 1. The summed E-state index contributed by atoms with van der Waals surface area (Å²) < 4.78 is 27.1. The third kappa shape index (κ3) is 3.34. The zero-order valence-electron chi connectivity index (χ0n) is 11.6. The van der Waals surface area contributed by atoms with Gasteiger partial charge in [0.05, 0.1) is 4.90 Å². The summed E-state index contributed by atoms with van der Waals surface area (Å²) >= 11 is 5.90. The second-order valence-corrected chi connectivity index (χ2v) is 7.56. The van der Waals surface area contributed by atoms with Crippen LogP contribution >= 0.6 is 11.6 Å². The van der Waals surface area contributed by atoms with Crippen LogP contribution in [0.25, 0.3) is 0 Å². The van der Waals surface area contributed by atoms with Crippen LogP contribution in [0.15, 0.2) is 29.2 Å². The lowest BCUT2D eigenvalue weighted by molar-refractivity contribution is 0.247. The number of sulfonamides is 1. The number of hydrogen-bond acceptors (Lipinski definition) is 3. The molecule has 0 spiro atoms. The van der Waals surface area contributed by atoms with Crippen LogP contribution in [0.1, 0.15) is 32.6 Å². The number of nitrogens with two attached hydrogens (primary N) is 1. The minimum absolute atomic E-state index is 0.0452. The van der Waals surface area contributed by atoms with Crippen LogP contribution in [-0.4, -0.2) is 31.4 Å². The van der Waals surface area contributed by atoms with Gasteiger partial charge in [-0.15, -0.1) is 0 Å². The fourth-order valence-corrected chi connectivity index (χ4v) is 4.77. The predicted molar refractivity (Wildman–Crippen MR) is 81.2 cm³/mol. The van der Waals surface area contributed by atoms with Crippen molar-refractivity contribution in [2.45, 2.75) is 49.6 Å². The zero-order chi connectivity index (χ0) is 14.8. The molecule has 0 saturated heterocycles. The predicted octanol–water partition coefficient (Wildman–Crippen LogP) is 2.62. The summed E-state index contributed by atoms with van der Waals surface area (Å²) in [5.41, 5.74) is 5.89. The average molecular weight is 317 g/mol. The van der Waals surface area contributed by atoms with Crippen molar-refractivity contribution in [3.05, 3.63) is 29.3 Å². The topological polar surface area (TPSA) is 63.4 Å². The molecule has 2 rings (SSSR count). The van der Waals surface area contributed by atoms with E-state index in [4.69, 9.17) is 17.3 Å². The van der Waals surface area contributed by atoms with Gasteiger partial charge in [-0.2, -0.15) is 4.31 Å². The van der Waals surface area contributed by atoms with Crippen molar-refractivity contribution in [3.63, 3.8) is 0 Å². The van der Waals surface area contributed by atoms with Gasteiger partial charge in [-0.3, -0.25) is 0 Å². The van der Waals surface area contributed by atoms with Crippen LogP contribution in [0.5, 0.6) is 0 Å². The standard InChI is InChI=1S/C14H21ClN2O2S/c1-2-17(13-8-6-12(16)7-9-13)20(18,19)14-5-3-4-11(15)10-14/h3-5,10,12-13H,2,6-9,16H2,1H3. The maximum atomic E-state index is 12.7. The highest BCUT2D eigenvalue weighted by Gasteiger charge is 2.32. The third-order valence-corrected chi connectivity index (χ3v) is 6.12. The molecule has 1 aromatic rings. The van der Waals surface area contributed by atoms with Crippen molar-refractivity contribution in [2.24, 2.45) is 5.73 Å². The van der Waals surface area contributed by atoms with Crippen LogP contribution in [0, 0.1) is 0 Å². The molecule has 1 fully saturated rings. The summed E-state index contributed by atoms with van der Waals surface area (Å²) in [6.45, 7) is 2.34. The molecule has 0 aromatic heterocycles. The Morgan fingerprint density at radius 2 is 1.95 bits per heavy atom. The Bertz CT molecular complexity index is 554. The first-order valence-corrected chi connectivity index (χ1v) is 8.80. The summed E-state index contributed by atoms with van der Waals surface area (Å²) in [5.74, 6) is 0. The van der Waals surface area contributed by atoms with Gasteiger partial charge >= 0.3 is 0 Å². The molecule has 0 radical (unpaired) electrons. The van der Waals surface area contributed by atoms with Crippen molar-refractivity contribution in [2.75, 3.05) is 6.54 Å². The van der Waals surface area contributed by atoms with E-state index in [1.54, 1.807) is 22.5 Å². The van der Waals surface area contributed by atoms with Gasteiger partial charge in [0.1, 0.15) is 0 Å². The maximum Gasteiger partial charge on any atom is 0.243 e. The third-order valence-electron chi connectivity index (χ3n) is 3.86. The molecule has 0 bridgehead atoms. The minimum Gasteiger partial charge on any atom is -0.328 e. The number of benzene rings is 1. The van der Waals surface area contributed by atoms with Crippen LogP contribution < -0.4 is 5.73 Å². The van der Waals surface area contributed by atoms with E-state index in [1.165, 1.54) is 6.07 Å². The fraction of sp³-hybridized carbons (Fsp3) is 0.571. The van der Waals surface area contributed by atoms with Crippen LogP contribution in [0.3, 0.4) is 0 Å². The lowest BCUT2D eigenvalue weighted by atomic mass is 9.92. The highest BCUT2D eigenvalue weighted by molar-refractivity contribution is 7.89. The van der Waals surface area contributed by atoms with Crippen molar-refractivity contribution in [3.8, 4) is 0 Å². The molecule has 4 nitrogen and oxygen atoms in total. The van der Waals surface area contributed by atoms with Gasteiger partial charge in [0.2, 0.25) is 10.0 Å². The second-order valence-electron chi connectivity index (χ2n) is 5.23. The summed E-state index contributed by atoms with van der Waals surface area (Å²) in [6, 6.07) is 6.70. The van der Waals surface area contributed by atoms with Crippen molar-refractivity contribution in [1.82, 2.24) is 4.31 Å². The summed E-state index contributed by atoms with van der Waals surface area (Å²) in [5, 5.41) is 0.438. The summed E-state index contributed by atoms with van der Waals surface area (Å²) in [7, 11) is -3.48. The molecule has 112 valence electrons. The molecule has 2 N–H and O–H groups in total. The molecule has 1 aliphatic rings. The quantitative estimate of drug-likeness (QED) is 0.928. The number of halogens is 1. The molecule has 1 aliphatic carbocycles. The molecule has 1 aromatic carbocycles. The van der Waals surface area contributed by atoms with E-state index < -0.39 is 10.0 Å². The average Bonchev–Trinajstić information content (AvgIpc) is 2.41. The Hall–Kier alpha value is -0.620. The van der Waals surface area contributed by atoms with Gasteiger partial charge in [-0.05, 0) is 43.9 Å². The van der Waals surface area contributed by atoms with E-state index in [2.05, 4.69) is 0 Å². The van der Waals surface area contributed by atoms with Crippen molar-refractivity contribution in [1.29, 1.82) is 0 Å². The van der Waals surface area contributed by atoms with Gasteiger partial charge in [0.15, 0.2) is 0 Å². The first kappa shape index (κ1) is 15.8. The van der Waals surface area contributed by atoms with Gasteiger partial charge in [-0.1, -0.05) is 24.6 Å². The molecule has 6 heteroatoms. The largest absolute Gasteiger partial charge is 0.328 e. The molecule has 0 aliphatic heterocycles. The van der Waals surface area contributed by atoms with Crippen molar-refractivity contribution >= 4 is 21.6 Å². The molecule has 0 amide bonds. The maximum absolute atomic E-state index is 12.7. The Morgan fingerprint density at radius 1 is 1.30 bits per heavy atom. The van der Waals surface area contributed by atoms with Crippen LogP contribution in [0.2, 0.25) is 5.02 Å². The summed E-state index contributed by atoms with van der Waals surface area (Å²) in [4.78, 5) is 0.265. The van der Waals surface area contributed by atoms with Gasteiger partial charge < -0.3 is 5.73 Å². The molecule has 1 saturated carbocycles. The molecular weight excluding hydrogens is 296 g/mol. The first-order valence-electron chi connectivity index (χ1n) is 6.98. The Kier molecular flexibility index (Phi) is 5.07. The molecular formula is C14H21ClN2O2S. The molecule has 20 heavy (non-hydrogen) atoms. The molecule has 0 heterocycles. The smallest absolute Gasteiger partial charge is 0.243 e. The fourth-order valence-electron chi connectivity index (χ4n) is 2.78. The van der Waals surface area contributed by atoms with E-state index in [1.807, 2.05) is 6.92 Å². The van der Waals surface area contributed by atoms with Gasteiger partial charge in [0.25, 0.3) is 0 Å². The zero-order valence-corrected chi connectivity index (χ0v) is 13.2. The van der Waals surface area contributed by atoms with Crippen LogP contribution in [0.4, 0.5) is 0 Å². The minimum atomic E-state index is -3.48. The van der Waals surface area contributed by atoms with E-state index in [0.29, 0.717) is 11.6 Å². The molecule has 0 unspecified atom stereocenters. The lowest BCUT2D eigenvalue weighted by Gasteiger charge is -2.34.